The van der Waals surface area contributed by atoms with Crippen LogP contribution in [0.2, 0.25) is 0 Å². The molecule has 0 aliphatic carbocycles. The molecule has 2 heterocycles. The molecule has 2 rings (SSSR count). The van der Waals surface area contributed by atoms with E-state index in [0.717, 1.165) is 32.5 Å². The van der Waals surface area contributed by atoms with Crippen LogP contribution < -0.4 is 10.6 Å². The van der Waals surface area contributed by atoms with Gasteiger partial charge in [-0.05, 0) is 45.8 Å². The summed E-state index contributed by atoms with van der Waals surface area (Å²) in [6, 6.07) is 0.492. The van der Waals surface area contributed by atoms with Gasteiger partial charge in [-0.25, -0.2) is 0 Å². The molecule has 3 atom stereocenters. The third-order valence-corrected chi connectivity index (χ3v) is 3.64. The number of nitrogens with one attached hydrogen (secondary N) is 2. The summed E-state index contributed by atoms with van der Waals surface area (Å²) in [5.41, 5.74) is 0. The monoisotopic (exact) mass is 257 g/mol. The molecule has 2 aliphatic rings. The molecule has 0 aromatic heterocycles. The second kappa shape index (κ2) is 8.45. The molecule has 0 spiro atoms. The molecule has 0 bridgehead atoms. The fraction of sp³-hybridized carbons (Fsp3) is 0.923. The maximum atomic E-state index is 10.3. The molecule has 5 heteroatoms. The molecule has 106 valence electrons. The van der Waals surface area contributed by atoms with Gasteiger partial charge in [0.2, 0.25) is 6.41 Å². The number of carbonyl (C=O) groups excluding carboxylic acids is 1. The molecule has 1 amide bonds. The third kappa shape index (κ3) is 4.55. The average Bonchev–Trinajstić information content (AvgIpc) is 2.80. The molecule has 2 fully saturated rings. The van der Waals surface area contributed by atoms with Gasteiger partial charge in [-0.3, -0.25) is 9.69 Å². The van der Waals surface area contributed by atoms with E-state index in [4.69, 9.17) is 0 Å². The first-order chi connectivity index (χ1) is 8.72. The van der Waals surface area contributed by atoms with Crippen LogP contribution in [0.1, 0.15) is 32.6 Å². The van der Waals surface area contributed by atoms with Crippen molar-refractivity contribution in [2.45, 2.75) is 50.8 Å². The minimum Gasteiger partial charge on any atom is -0.391 e. The Labute approximate surface area is 110 Å². The zero-order chi connectivity index (χ0) is 13.4. The molecular formula is C13H27N3O2. The fourth-order valence-electron chi connectivity index (χ4n) is 2.79. The Morgan fingerprint density at radius 2 is 2.28 bits per heavy atom. The van der Waals surface area contributed by atoms with Gasteiger partial charge in [0.05, 0.1) is 6.10 Å². The van der Waals surface area contributed by atoms with E-state index in [-0.39, 0.29) is 12.1 Å². The number of fused-ring (bicyclic) bond motifs is 1. The second-order valence-electron chi connectivity index (χ2n) is 5.09. The molecule has 5 nitrogen and oxygen atoms in total. The molecule has 3 N–H and O–H groups in total. The van der Waals surface area contributed by atoms with Crippen molar-refractivity contribution in [3.8, 4) is 0 Å². The number of aliphatic hydroxyl groups is 1. The second-order valence-corrected chi connectivity index (χ2v) is 5.09. The smallest absolute Gasteiger partial charge is 0.207 e. The third-order valence-electron chi connectivity index (χ3n) is 3.64. The molecule has 0 radical (unpaired) electrons. The fourth-order valence-corrected chi connectivity index (χ4v) is 2.79. The minimum atomic E-state index is -0.256. The number of carbonyl (C=O) groups is 1. The van der Waals surface area contributed by atoms with Gasteiger partial charge in [0.1, 0.15) is 0 Å². The summed E-state index contributed by atoms with van der Waals surface area (Å²) in [6.45, 7) is 5.26. The Kier molecular flexibility index (Phi) is 7.23. The standard InChI is InChI=1S/C9H16N2O2.C4H11N/c12-6-10-7-4-9(13)8-2-1-3-11(8)5-7;1-3-4-5-2/h6-9,13H,1-5H2,(H,10,12);5H,3-4H2,1-2H3/t7-,8?,9?;/m1./s1. The lowest BCUT2D eigenvalue weighted by Gasteiger charge is -2.38. The highest BCUT2D eigenvalue weighted by Gasteiger charge is 2.37. The highest BCUT2D eigenvalue weighted by molar-refractivity contribution is 5.46. The van der Waals surface area contributed by atoms with Crippen molar-refractivity contribution in [1.29, 1.82) is 0 Å². The van der Waals surface area contributed by atoms with Gasteiger partial charge in [-0.1, -0.05) is 6.92 Å². The van der Waals surface area contributed by atoms with Crippen molar-refractivity contribution in [3.63, 3.8) is 0 Å². The number of piperidine rings is 1. The largest absolute Gasteiger partial charge is 0.391 e. The topological polar surface area (TPSA) is 64.6 Å². The van der Waals surface area contributed by atoms with Crippen molar-refractivity contribution in [1.82, 2.24) is 15.5 Å². The van der Waals surface area contributed by atoms with Gasteiger partial charge < -0.3 is 15.7 Å². The van der Waals surface area contributed by atoms with Crippen molar-refractivity contribution in [3.05, 3.63) is 0 Å². The van der Waals surface area contributed by atoms with E-state index in [9.17, 15) is 9.90 Å². The number of hydrogen-bond donors (Lipinski definition) is 3. The van der Waals surface area contributed by atoms with Crippen LogP contribution in [0.25, 0.3) is 0 Å². The minimum absolute atomic E-state index is 0.141. The summed E-state index contributed by atoms with van der Waals surface area (Å²) >= 11 is 0. The van der Waals surface area contributed by atoms with Crippen molar-refractivity contribution < 1.29 is 9.90 Å². The Balaban J connectivity index is 0.000000280. The van der Waals surface area contributed by atoms with E-state index in [2.05, 4.69) is 22.5 Å². The molecule has 2 aliphatic heterocycles. The highest BCUT2D eigenvalue weighted by Crippen LogP contribution is 2.26. The number of aliphatic hydroxyl groups excluding tert-OH is 1. The first-order valence-corrected chi connectivity index (χ1v) is 6.99. The molecule has 0 saturated carbocycles. The van der Waals surface area contributed by atoms with Gasteiger partial charge in [-0.2, -0.15) is 0 Å². The van der Waals surface area contributed by atoms with Gasteiger partial charge in [0.25, 0.3) is 0 Å². The van der Waals surface area contributed by atoms with Crippen LogP contribution in [0.3, 0.4) is 0 Å². The molecule has 0 aromatic rings. The van der Waals surface area contributed by atoms with E-state index in [1.807, 2.05) is 7.05 Å². The predicted octanol–water partition coefficient (Wildman–Crippen LogP) is -0.0542. The summed E-state index contributed by atoms with van der Waals surface area (Å²) in [4.78, 5) is 12.5. The van der Waals surface area contributed by atoms with Gasteiger partial charge in [-0.15, -0.1) is 0 Å². The summed E-state index contributed by atoms with van der Waals surface area (Å²) in [7, 11) is 1.96. The van der Waals surface area contributed by atoms with Crippen LogP contribution in [0.15, 0.2) is 0 Å². The van der Waals surface area contributed by atoms with Gasteiger partial charge in [0, 0.05) is 18.6 Å². The van der Waals surface area contributed by atoms with E-state index in [1.54, 1.807) is 0 Å². The number of nitrogens with zero attached hydrogens (tertiary/aromatic N) is 1. The Morgan fingerprint density at radius 3 is 2.83 bits per heavy atom. The Bertz CT molecular complexity index is 236. The lowest BCUT2D eigenvalue weighted by Crippen LogP contribution is -2.54. The van der Waals surface area contributed by atoms with Crippen LogP contribution in [-0.2, 0) is 4.79 Å². The van der Waals surface area contributed by atoms with Gasteiger partial charge >= 0.3 is 0 Å². The van der Waals surface area contributed by atoms with Gasteiger partial charge in [0.15, 0.2) is 0 Å². The predicted molar refractivity (Wildman–Crippen MR) is 72.4 cm³/mol. The van der Waals surface area contributed by atoms with Crippen LogP contribution in [0, 0.1) is 0 Å². The Hall–Kier alpha value is -0.650. The molecule has 0 aromatic carbocycles. The zero-order valence-electron chi connectivity index (χ0n) is 11.6. The number of amides is 1. The molecule has 2 saturated heterocycles. The summed E-state index contributed by atoms with van der Waals surface area (Å²) in [6.07, 6.45) is 4.70. The SMILES string of the molecule is CCCNC.O=CN[C@@H]1CC(O)C2CCCN2C1. The highest BCUT2D eigenvalue weighted by atomic mass is 16.3. The van der Waals surface area contributed by atoms with Crippen molar-refractivity contribution >= 4 is 6.41 Å². The Morgan fingerprint density at radius 1 is 1.50 bits per heavy atom. The van der Waals surface area contributed by atoms with Crippen molar-refractivity contribution in [2.75, 3.05) is 26.7 Å². The summed E-state index contributed by atoms with van der Waals surface area (Å²) in [5.74, 6) is 0. The molecule has 2 unspecified atom stereocenters. The first-order valence-electron chi connectivity index (χ1n) is 6.99. The number of hydrogen-bond acceptors (Lipinski definition) is 4. The molecular weight excluding hydrogens is 230 g/mol. The quantitative estimate of drug-likeness (QED) is 0.618. The van der Waals surface area contributed by atoms with Crippen molar-refractivity contribution in [2.24, 2.45) is 0 Å². The normalized spacial score (nSPS) is 31.2. The summed E-state index contributed by atoms with van der Waals surface area (Å²) < 4.78 is 0. The lowest BCUT2D eigenvalue weighted by atomic mass is 9.96. The van der Waals surface area contributed by atoms with E-state index in [1.165, 1.54) is 12.8 Å². The number of rotatable bonds is 4. The first kappa shape index (κ1) is 15.4. The lowest BCUT2D eigenvalue weighted by molar-refractivity contribution is -0.111. The van der Waals surface area contributed by atoms with Crippen LogP contribution in [-0.4, -0.2) is 61.3 Å². The maximum absolute atomic E-state index is 10.3. The zero-order valence-corrected chi connectivity index (χ0v) is 11.6. The molecule has 18 heavy (non-hydrogen) atoms. The van der Waals surface area contributed by atoms with Crippen LogP contribution in [0.4, 0.5) is 0 Å². The van der Waals surface area contributed by atoms with E-state index < -0.39 is 0 Å². The average molecular weight is 257 g/mol. The maximum Gasteiger partial charge on any atom is 0.207 e. The van der Waals surface area contributed by atoms with E-state index in [0.29, 0.717) is 12.5 Å². The van der Waals surface area contributed by atoms with Crippen LogP contribution in [0.5, 0.6) is 0 Å². The summed E-state index contributed by atoms with van der Waals surface area (Å²) in [5, 5.41) is 15.5. The van der Waals surface area contributed by atoms with Crippen LogP contribution >= 0.6 is 0 Å². The van der Waals surface area contributed by atoms with E-state index >= 15 is 0 Å².